The second-order valence-corrected chi connectivity index (χ2v) is 6.14. The van der Waals surface area contributed by atoms with Gasteiger partial charge in [-0.1, -0.05) is 18.2 Å². The molecule has 0 fully saturated rings. The number of halogens is 2. The van der Waals surface area contributed by atoms with Crippen molar-refractivity contribution in [1.29, 1.82) is 0 Å². The third kappa shape index (κ3) is 4.53. The van der Waals surface area contributed by atoms with Crippen LogP contribution in [0.1, 0.15) is 10.4 Å². The molecule has 27 heavy (non-hydrogen) atoms. The third-order valence-electron chi connectivity index (χ3n) is 4.14. The SMILES string of the molecule is COc1cccc2nc3c(C(=O)NCCN(C)C)cccc3c(N)c12.Cl.Cl. The molecule has 1 amide bonds. The van der Waals surface area contributed by atoms with Crippen molar-refractivity contribution in [3.05, 3.63) is 42.0 Å². The van der Waals surface area contributed by atoms with Crippen LogP contribution in [-0.4, -0.2) is 50.1 Å². The molecule has 0 aliphatic heterocycles. The van der Waals surface area contributed by atoms with Crippen LogP contribution in [0.2, 0.25) is 0 Å². The number of fused-ring (bicyclic) bond motifs is 2. The van der Waals surface area contributed by atoms with Crippen LogP contribution < -0.4 is 15.8 Å². The Morgan fingerprint density at radius 3 is 2.56 bits per heavy atom. The van der Waals surface area contributed by atoms with Crippen LogP contribution in [0.15, 0.2) is 36.4 Å². The van der Waals surface area contributed by atoms with Gasteiger partial charge in [-0.25, -0.2) is 4.98 Å². The molecule has 0 radical (unpaired) electrons. The summed E-state index contributed by atoms with van der Waals surface area (Å²) < 4.78 is 5.41. The standard InChI is InChI=1S/C19H22N4O2.2ClH/c1-23(2)11-10-21-19(24)13-7-4-6-12-17(20)16-14(22-18(12)13)8-5-9-15(16)25-3;;/h4-9H,10-11H2,1-3H3,(H2,20,22)(H,21,24);2*1H. The van der Waals surface area contributed by atoms with E-state index in [0.717, 1.165) is 17.3 Å². The summed E-state index contributed by atoms with van der Waals surface area (Å²) in [6.45, 7) is 1.34. The predicted octanol–water partition coefficient (Wildman–Crippen LogP) is 3.11. The van der Waals surface area contributed by atoms with Gasteiger partial charge in [0.2, 0.25) is 0 Å². The number of rotatable bonds is 5. The van der Waals surface area contributed by atoms with E-state index >= 15 is 0 Å². The van der Waals surface area contributed by atoms with Gasteiger partial charge >= 0.3 is 0 Å². The number of methoxy groups -OCH3 is 1. The number of benzene rings is 2. The normalized spacial score (nSPS) is 10.4. The fourth-order valence-electron chi connectivity index (χ4n) is 2.86. The highest BCUT2D eigenvalue weighted by atomic mass is 35.5. The topological polar surface area (TPSA) is 80.5 Å². The first kappa shape index (κ1) is 22.8. The molecule has 0 saturated heterocycles. The first-order valence-electron chi connectivity index (χ1n) is 8.10. The van der Waals surface area contributed by atoms with Crippen molar-refractivity contribution >= 4 is 58.2 Å². The Morgan fingerprint density at radius 2 is 1.89 bits per heavy atom. The predicted molar refractivity (Wildman–Crippen MR) is 116 cm³/mol. The Labute approximate surface area is 170 Å². The molecule has 1 aromatic heterocycles. The van der Waals surface area contributed by atoms with Gasteiger partial charge in [0.1, 0.15) is 5.75 Å². The zero-order valence-corrected chi connectivity index (χ0v) is 17.1. The molecular weight excluding hydrogens is 387 g/mol. The van der Waals surface area contributed by atoms with Gasteiger partial charge in [-0.2, -0.15) is 0 Å². The number of hydrogen-bond acceptors (Lipinski definition) is 5. The molecular formula is C19H24Cl2N4O2. The maximum Gasteiger partial charge on any atom is 0.253 e. The number of pyridine rings is 1. The lowest BCUT2D eigenvalue weighted by Gasteiger charge is -2.14. The molecule has 2 aromatic carbocycles. The molecule has 6 nitrogen and oxygen atoms in total. The molecule has 0 bridgehead atoms. The van der Waals surface area contributed by atoms with E-state index in [0.29, 0.717) is 34.6 Å². The lowest BCUT2D eigenvalue weighted by atomic mass is 10.0. The van der Waals surface area contributed by atoms with Crippen molar-refractivity contribution in [3.8, 4) is 5.75 Å². The fourth-order valence-corrected chi connectivity index (χ4v) is 2.86. The minimum Gasteiger partial charge on any atom is -0.496 e. The molecule has 3 N–H and O–H groups in total. The molecule has 146 valence electrons. The molecule has 8 heteroatoms. The largest absolute Gasteiger partial charge is 0.496 e. The number of nitrogens with one attached hydrogen (secondary N) is 1. The summed E-state index contributed by atoms with van der Waals surface area (Å²) in [5.74, 6) is 0.520. The smallest absolute Gasteiger partial charge is 0.253 e. The number of nitrogen functional groups attached to an aromatic ring is 1. The zero-order chi connectivity index (χ0) is 18.0. The van der Waals surface area contributed by atoms with Crippen molar-refractivity contribution in [2.24, 2.45) is 0 Å². The zero-order valence-electron chi connectivity index (χ0n) is 15.5. The van der Waals surface area contributed by atoms with E-state index in [9.17, 15) is 4.79 Å². The maximum absolute atomic E-state index is 12.6. The van der Waals surface area contributed by atoms with Crippen molar-refractivity contribution in [3.63, 3.8) is 0 Å². The number of aromatic nitrogens is 1. The second kappa shape index (κ2) is 9.60. The summed E-state index contributed by atoms with van der Waals surface area (Å²) in [5, 5.41) is 4.44. The fraction of sp³-hybridized carbons (Fsp3) is 0.263. The first-order valence-corrected chi connectivity index (χ1v) is 8.10. The van der Waals surface area contributed by atoms with Crippen LogP contribution in [0.5, 0.6) is 5.75 Å². The highest BCUT2D eigenvalue weighted by molar-refractivity contribution is 6.14. The Balaban J connectivity index is 0.00000182. The molecule has 0 spiro atoms. The van der Waals surface area contributed by atoms with E-state index in [4.69, 9.17) is 10.5 Å². The molecule has 3 aromatic rings. The summed E-state index contributed by atoms with van der Waals surface area (Å²) in [4.78, 5) is 19.3. The van der Waals surface area contributed by atoms with Gasteiger partial charge in [0.15, 0.2) is 0 Å². The van der Waals surface area contributed by atoms with E-state index in [1.54, 1.807) is 13.2 Å². The summed E-state index contributed by atoms with van der Waals surface area (Å²) >= 11 is 0. The average molecular weight is 411 g/mol. The van der Waals surface area contributed by atoms with Crippen LogP contribution in [0.4, 0.5) is 5.69 Å². The van der Waals surface area contributed by atoms with Crippen molar-refractivity contribution in [2.45, 2.75) is 0 Å². The number of hydrogen-bond donors (Lipinski definition) is 2. The Hall–Kier alpha value is -2.28. The molecule has 0 saturated carbocycles. The summed E-state index contributed by atoms with van der Waals surface area (Å²) in [5.41, 5.74) is 8.78. The van der Waals surface area contributed by atoms with Crippen molar-refractivity contribution in [1.82, 2.24) is 15.2 Å². The van der Waals surface area contributed by atoms with Gasteiger partial charge in [0, 0.05) is 18.5 Å². The van der Waals surface area contributed by atoms with Gasteiger partial charge in [-0.3, -0.25) is 4.79 Å². The molecule has 1 heterocycles. The third-order valence-corrected chi connectivity index (χ3v) is 4.14. The Kier molecular flexibility index (Phi) is 8.09. The molecule has 0 unspecified atom stereocenters. The van der Waals surface area contributed by atoms with Gasteiger partial charge in [-0.15, -0.1) is 24.8 Å². The van der Waals surface area contributed by atoms with Gasteiger partial charge in [-0.05, 0) is 32.3 Å². The highest BCUT2D eigenvalue weighted by Gasteiger charge is 2.16. The Morgan fingerprint density at radius 1 is 1.19 bits per heavy atom. The monoisotopic (exact) mass is 410 g/mol. The van der Waals surface area contributed by atoms with E-state index < -0.39 is 0 Å². The van der Waals surface area contributed by atoms with E-state index in [-0.39, 0.29) is 30.7 Å². The number of likely N-dealkylation sites (N-methyl/N-ethyl adjacent to an activating group) is 1. The summed E-state index contributed by atoms with van der Waals surface area (Å²) in [6.07, 6.45) is 0. The Bertz CT molecular complexity index is 948. The van der Waals surface area contributed by atoms with E-state index in [1.807, 2.05) is 49.3 Å². The molecule has 0 aliphatic carbocycles. The lowest BCUT2D eigenvalue weighted by Crippen LogP contribution is -2.31. The van der Waals surface area contributed by atoms with Crippen LogP contribution in [0.25, 0.3) is 21.8 Å². The average Bonchev–Trinajstić information content (AvgIpc) is 2.60. The lowest BCUT2D eigenvalue weighted by molar-refractivity contribution is 0.0952. The van der Waals surface area contributed by atoms with E-state index in [1.165, 1.54) is 0 Å². The maximum atomic E-state index is 12.6. The number of ether oxygens (including phenoxy) is 1. The highest BCUT2D eigenvalue weighted by Crippen LogP contribution is 2.35. The number of nitrogens with two attached hydrogens (primary N) is 1. The van der Waals surface area contributed by atoms with Crippen molar-refractivity contribution in [2.75, 3.05) is 40.0 Å². The molecule has 0 aliphatic rings. The quantitative estimate of drug-likeness (QED) is 0.631. The van der Waals surface area contributed by atoms with Gasteiger partial charge in [0.05, 0.1) is 34.8 Å². The number of anilines is 1. The van der Waals surface area contributed by atoms with Crippen LogP contribution in [-0.2, 0) is 0 Å². The summed E-state index contributed by atoms with van der Waals surface area (Å²) in [6, 6.07) is 11.0. The molecule has 3 rings (SSSR count). The number of nitrogens with zero attached hydrogens (tertiary/aromatic N) is 2. The second-order valence-electron chi connectivity index (χ2n) is 6.14. The van der Waals surface area contributed by atoms with Crippen LogP contribution >= 0.6 is 24.8 Å². The number of para-hydroxylation sites is 1. The minimum absolute atomic E-state index is 0. The first-order chi connectivity index (χ1) is 12.0. The van der Waals surface area contributed by atoms with Crippen LogP contribution in [0, 0.1) is 0 Å². The van der Waals surface area contributed by atoms with Gasteiger partial charge in [0.25, 0.3) is 5.91 Å². The molecule has 0 atom stereocenters. The van der Waals surface area contributed by atoms with Crippen molar-refractivity contribution < 1.29 is 9.53 Å². The number of carbonyl (C=O) groups is 1. The number of carbonyl (C=O) groups excluding carboxylic acids is 1. The van der Waals surface area contributed by atoms with Crippen LogP contribution in [0.3, 0.4) is 0 Å². The number of amides is 1. The minimum atomic E-state index is -0.151. The van der Waals surface area contributed by atoms with E-state index in [2.05, 4.69) is 10.3 Å². The van der Waals surface area contributed by atoms with Gasteiger partial charge < -0.3 is 20.7 Å². The summed E-state index contributed by atoms with van der Waals surface area (Å²) in [7, 11) is 5.53.